The molecule has 0 bridgehead atoms. The lowest BCUT2D eigenvalue weighted by Gasteiger charge is -2.32. The van der Waals surface area contributed by atoms with Crippen molar-refractivity contribution in [3.05, 3.63) is 0 Å². The SMILES string of the molecule is COC(=O)C1CCCCN1C1OC1CN(C)[S+](C)[O-]. The van der Waals surface area contributed by atoms with E-state index in [2.05, 4.69) is 4.90 Å². The lowest BCUT2D eigenvalue weighted by Crippen LogP contribution is -2.48. The smallest absolute Gasteiger partial charge is 0.323 e. The average Bonchev–Trinajstić information content (AvgIpc) is 3.16. The maximum atomic E-state index is 11.8. The van der Waals surface area contributed by atoms with Gasteiger partial charge in [-0.25, -0.2) is 0 Å². The number of piperidine rings is 1. The lowest BCUT2D eigenvalue weighted by atomic mass is 10.0. The molecular formula is C12H22N2O4S. The predicted octanol–water partition coefficient (Wildman–Crippen LogP) is -0.0359. The number of methoxy groups -OCH3 is 1. The van der Waals surface area contributed by atoms with Crippen molar-refractivity contribution in [3.63, 3.8) is 0 Å². The molecule has 0 aromatic carbocycles. The second-order valence-corrected chi connectivity index (χ2v) is 6.54. The highest BCUT2D eigenvalue weighted by Gasteiger charge is 2.49. The van der Waals surface area contributed by atoms with Gasteiger partial charge in [0.25, 0.3) is 0 Å². The third-order valence-electron chi connectivity index (χ3n) is 3.78. The number of nitrogens with zero attached hydrogens (tertiary/aromatic N) is 2. The van der Waals surface area contributed by atoms with Gasteiger partial charge in [0.2, 0.25) is 0 Å². The number of rotatable bonds is 5. The Labute approximate surface area is 117 Å². The summed E-state index contributed by atoms with van der Waals surface area (Å²) in [5, 5.41) is 0. The quantitative estimate of drug-likeness (QED) is 0.402. The summed E-state index contributed by atoms with van der Waals surface area (Å²) in [6.07, 6.45) is 4.61. The Kier molecular flexibility index (Phi) is 5.08. The Morgan fingerprint density at radius 2 is 2.32 bits per heavy atom. The molecule has 2 heterocycles. The van der Waals surface area contributed by atoms with Crippen LogP contribution in [-0.2, 0) is 25.6 Å². The highest BCUT2D eigenvalue weighted by molar-refractivity contribution is 7.88. The molecule has 0 N–H and O–H groups in total. The molecule has 2 aliphatic rings. The van der Waals surface area contributed by atoms with Gasteiger partial charge < -0.3 is 14.0 Å². The first kappa shape index (κ1) is 15.1. The van der Waals surface area contributed by atoms with Gasteiger partial charge in [-0.1, -0.05) is 6.42 Å². The number of epoxide rings is 1. The van der Waals surface area contributed by atoms with Crippen molar-refractivity contribution in [1.82, 2.24) is 9.21 Å². The van der Waals surface area contributed by atoms with E-state index in [4.69, 9.17) is 9.47 Å². The Morgan fingerprint density at radius 3 is 2.95 bits per heavy atom. The molecule has 2 aliphatic heterocycles. The monoisotopic (exact) mass is 290 g/mol. The molecule has 0 amide bonds. The highest BCUT2D eigenvalue weighted by atomic mass is 32.2. The zero-order chi connectivity index (χ0) is 14.0. The van der Waals surface area contributed by atoms with Gasteiger partial charge in [-0.3, -0.25) is 9.69 Å². The Hall–Kier alpha value is -0.340. The molecule has 0 aliphatic carbocycles. The van der Waals surface area contributed by atoms with Gasteiger partial charge in [-0.2, -0.15) is 0 Å². The average molecular weight is 290 g/mol. The molecule has 0 radical (unpaired) electrons. The van der Waals surface area contributed by atoms with Crippen molar-refractivity contribution in [2.24, 2.45) is 0 Å². The van der Waals surface area contributed by atoms with E-state index in [0.717, 1.165) is 25.8 Å². The van der Waals surface area contributed by atoms with Crippen molar-refractivity contribution in [1.29, 1.82) is 0 Å². The van der Waals surface area contributed by atoms with Gasteiger partial charge >= 0.3 is 5.97 Å². The number of hydrogen-bond acceptors (Lipinski definition) is 6. The summed E-state index contributed by atoms with van der Waals surface area (Å²) >= 11 is -0.987. The largest absolute Gasteiger partial charge is 0.598 e. The lowest BCUT2D eigenvalue weighted by molar-refractivity contribution is -0.149. The van der Waals surface area contributed by atoms with Crippen molar-refractivity contribution >= 4 is 17.3 Å². The third-order valence-corrected chi connectivity index (χ3v) is 4.80. The molecular weight excluding hydrogens is 268 g/mol. The van der Waals surface area contributed by atoms with E-state index in [-0.39, 0.29) is 24.3 Å². The topological polar surface area (TPSA) is 68.4 Å². The molecule has 0 spiro atoms. The summed E-state index contributed by atoms with van der Waals surface area (Å²) in [5.41, 5.74) is 0. The molecule has 0 saturated carbocycles. The van der Waals surface area contributed by atoms with Crippen LogP contribution in [0, 0.1) is 0 Å². The third kappa shape index (κ3) is 3.61. The molecule has 4 unspecified atom stereocenters. The molecule has 4 atom stereocenters. The molecule has 110 valence electrons. The van der Waals surface area contributed by atoms with Gasteiger partial charge in [0.1, 0.15) is 24.6 Å². The summed E-state index contributed by atoms with van der Waals surface area (Å²) < 4.78 is 23.6. The summed E-state index contributed by atoms with van der Waals surface area (Å²) in [4.78, 5) is 13.9. The first-order valence-corrected chi connectivity index (χ1v) is 8.09. The molecule has 2 fully saturated rings. The first-order chi connectivity index (χ1) is 9.04. The van der Waals surface area contributed by atoms with Crippen LogP contribution >= 0.6 is 0 Å². The van der Waals surface area contributed by atoms with Crippen LogP contribution in [-0.4, -0.2) is 71.6 Å². The van der Waals surface area contributed by atoms with E-state index < -0.39 is 11.4 Å². The summed E-state index contributed by atoms with van der Waals surface area (Å²) in [5.74, 6) is -0.179. The van der Waals surface area contributed by atoms with Crippen LogP contribution in [0.25, 0.3) is 0 Å². The van der Waals surface area contributed by atoms with Crippen LogP contribution in [0.3, 0.4) is 0 Å². The fraction of sp³-hybridized carbons (Fsp3) is 0.917. The van der Waals surface area contributed by atoms with Gasteiger partial charge in [0, 0.05) is 25.0 Å². The normalized spacial score (nSPS) is 33.2. The number of hydrogen-bond donors (Lipinski definition) is 0. The number of likely N-dealkylation sites (tertiary alicyclic amines) is 1. The molecule has 0 aromatic heterocycles. The van der Waals surface area contributed by atoms with Crippen molar-refractivity contribution in [2.75, 3.05) is 33.5 Å². The Morgan fingerprint density at radius 1 is 1.58 bits per heavy atom. The van der Waals surface area contributed by atoms with E-state index >= 15 is 0 Å². The fourth-order valence-corrected chi connectivity index (χ4v) is 2.92. The van der Waals surface area contributed by atoms with Crippen LogP contribution < -0.4 is 0 Å². The van der Waals surface area contributed by atoms with Gasteiger partial charge in [-0.15, -0.1) is 4.31 Å². The second kappa shape index (κ2) is 6.41. The molecule has 7 heteroatoms. The Balaban J connectivity index is 1.89. The zero-order valence-electron chi connectivity index (χ0n) is 11.7. The molecule has 2 rings (SSSR count). The summed E-state index contributed by atoms with van der Waals surface area (Å²) in [7, 11) is 3.23. The van der Waals surface area contributed by atoms with Gasteiger partial charge in [0.15, 0.2) is 0 Å². The van der Waals surface area contributed by atoms with Gasteiger partial charge in [0.05, 0.1) is 13.7 Å². The number of carbonyl (C=O) groups is 1. The number of esters is 1. The van der Waals surface area contributed by atoms with Crippen LogP contribution in [0.4, 0.5) is 0 Å². The van der Waals surface area contributed by atoms with E-state index in [9.17, 15) is 9.35 Å². The van der Waals surface area contributed by atoms with E-state index in [1.165, 1.54) is 7.11 Å². The maximum Gasteiger partial charge on any atom is 0.323 e. The number of carbonyl (C=O) groups excluding carboxylic acids is 1. The standard InChI is InChI=1S/C12H22N2O4S/c1-13(19(3)16)8-10-11(18-10)14-7-5-4-6-9(14)12(15)17-2/h9-11H,4-8H2,1-3H3. The molecule has 6 nitrogen and oxygen atoms in total. The minimum absolute atomic E-state index is 0.0320. The molecule has 19 heavy (non-hydrogen) atoms. The van der Waals surface area contributed by atoms with Crippen molar-refractivity contribution < 1.29 is 18.8 Å². The first-order valence-electron chi connectivity index (χ1n) is 6.58. The number of likely N-dealkylation sites (N-methyl/N-ethyl adjacent to an activating group) is 1. The molecule has 2 saturated heterocycles. The molecule has 0 aromatic rings. The van der Waals surface area contributed by atoms with E-state index in [0.29, 0.717) is 6.54 Å². The van der Waals surface area contributed by atoms with E-state index in [1.54, 1.807) is 10.6 Å². The van der Waals surface area contributed by atoms with Crippen LogP contribution in [0.1, 0.15) is 19.3 Å². The van der Waals surface area contributed by atoms with Crippen LogP contribution in [0.15, 0.2) is 0 Å². The van der Waals surface area contributed by atoms with E-state index in [1.807, 2.05) is 7.05 Å². The summed E-state index contributed by atoms with van der Waals surface area (Å²) in [6, 6.07) is -0.189. The minimum atomic E-state index is -0.987. The maximum absolute atomic E-state index is 11.8. The second-order valence-electron chi connectivity index (χ2n) is 5.07. The van der Waals surface area contributed by atoms with Crippen molar-refractivity contribution in [2.45, 2.75) is 37.6 Å². The van der Waals surface area contributed by atoms with Crippen LogP contribution in [0.2, 0.25) is 0 Å². The number of ether oxygens (including phenoxy) is 2. The highest BCUT2D eigenvalue weighted by Crippen LogP contribution is 2.32. The summed E-state index contributed by atoms with van der Waals surface area (Å²) in [6.45, 7) is 1.48. The van der Waals surface area contributed by atoms with Crippen molar-refractivity contribution in [3.8, 4) is 0 Å². The van der Waals surface area contributed by atoms with Crippen LogP contribution in [0.5, 0.6) is 0 Å². The predicted molar refractivity (Wildman–Crippen MR) is 71.7 cm³/mol. The Bertz CT molecular complexity index is 329. The fourth-order valence-electron chi connectivity index (χ4n) is 2.56. The van der Waals surface area contributed by atoms with Gasteiger partial charge in [-0.05, 0) is 12.8 Å². The zero-order valence-corrected chi connectivity index (χ0v) is 12.5. The minimum Gasteiger partial charge on any atom is -0.598 e.